The molecule has 0 aliphatic heterocycles. The van der Waals surface area contributed by atoms with E-state index in [4.69, 9.17) is 0 Å². The van der Waals surface area contributed by atoms with Gasteiger partial charge in [-0.25, -0.2) is 0 Å². The van der Waals surface area contributed by atoms with Crippen LogP contribution in [-0.2, 0) is 0 Å². The van der Waals surface area contributed by atoms with Crippen LogP contribution in [0.5, 0.6) is 0 Å². The van der Waals surface area contributed by atoms with Crippen LogP contribution in [0.1, 0.15) is 52.4 Å². The van der Waals surface area contributed by atoms with Crippen LogP contribution < -0.4 is 5.32 Å². The smallest absolute Gasteiger partial charge is 0.0613 e. The van der Waals surface area contributed by atoms with Gasteiger partial charge in [-0.3, -0.25) is 0 Å². The molecule has 2 nitrogen and oxygen atoms in total. The molecule has 94 valence electrons. The third-order valence-corrected chi connectivity index (χ3v) is 4.86. The summed E-state index contributed by atoms with van der Waals surface area (Å²) in [6.07, 6.45) is 8.17. The average molecular weight is 225 g/mol. The Bertz CT molecular complexity index is 227. The van der Waals surface area contributed by atoms with E-state index in [2.05, 4.69) is 19.2 Å². The zero-order valence-corrected chi connectivity index (χ0v) is 10.8. The largest absolute Gasteiger partial charge is 0.394 e. The van der Waals surface area contributed by atoms with Crippen molar-refractivity contribution in [2.75, 3.05) is 13.2 Å². The van der Waals surface area contributed by atoms with Crippen LogP contribution in [0, 0.1) is 17.8 Å². The average Bonchev–Trinajstić information content (AvgIpc) is 3.12. The Hall–Kier alpha value is -0.0800. The first-order valence-electron chi connectivity index (χ1n) is 7.01. The van der Waals surface area contributed by atoms with Gasteiger partial charge < -0.3 is 10.4 Å². The lowest BCUT2D eigenvalue weighted by molar-refractivity contribution is 0.136. The minimum atomic E-state index is -0.00281. The second kappa shape index (κ2) is 5.05. The van der Waals surface area contributed by atoms with Crippen molar-refractivity contribution >= 4 is 0 Å². The maximum Gasteiger partial charge on any atom is 0.0613 e. The first-order valence-corrected chi connectivity index (χ1v) is 7.01. The van der Waals surface area contributed by atoms with Gasteiger partial charge in [0.15, 0.2) is 0 Å². The van der Waals surface area contributed by atoms with E-state index in [-0.39, 0.29) is 5.54 Å². The lowest BCUT2D eigenvalue weighted by Gasteiger charge is -2.35. The molecular formula is C14H27NO. The summed E-state index contributed by atoms with van der Waals surface area (Å²) in [5.41, 5.74) is -0.00281. The van der Waals surface area contributed by atoms with Crippen LogP contribution in [0.15, 0.2) is 0 Å². The Morgan fingerprint density at radius 3 is 2.44 bits per heavy atom. The Morgan fingerprint density at radius 1 is 1.19 bits per heavy atom. The fraction of sp³-hybridized carbons (Fsp3) is 1.00. The number of rotatable bonds is 5. The molecule has 0 radical (unpaired) electrons. The monoisotopic (exact) mass is 225 g/mol. The summed E-state index contributed by atoms with van der Waals surface area (Å²) in [5, 5.41) is 13.2. The third-order valence-electron chi connectivity index (χ3n) is 4.86. The number of hydrogen-bond acceptors (Lipinski definition) is 2. The third kappa shape index (κ3) is 2.78. The van der Waals surface area contributed by atoms with E-state index < -0.39 is 0 Å². The summed E-state index contributed by atoms with van der Waals surface area (Å²) in [4.78, 5) is 0. The molecule has 2 aliphatic carbocycles. The van der Waals surface area contributed by atoms with E-state index in [0.717, 1.165) is 24.3 Å². The molecule has 0 amide bonds. The summed E-state index contributed by atoms with van der Waals surface area (Å²) in [5.74, 6) is 2.41. The van der Waals surface area contributed by atoms with Crippen LogP contribution >= 0.6 is 0 Å². The molecule has 3 atom stereocenters. The fourth-order valence-corrected chi connectivity index (χ4v) is 3.11. The summed E-state index contributed by atoms with van der Waals surface area (Å²) in [7, 11) is 0. The Morgan fingerprint density at radius 2 is 1.88 bits per heavy atom. The highest BCUT2D eigenvalue weighted by atomic mass is 16.3. The van der Waals surface area contributed by atoms with Gasteiger partial charge in [0.25, 0.3) is 0 Å². The molecule has 0 aromatic heterocycles. The molecule has 2 saturated carbocycles. The second-order valence-electron chi connectivity index (χ2n) is 6.25. The van der Waals surface area contributed by atoms with E-state index in [1.54, 1.807) is 0 Å². The Kier molecular flexibility index (Phi) is 3.91. The van der Waals surface area contributed by atoms with Gasteiger partial charge in [-0.2, -0.15) is 0 Å². The summed E-state index contributed by atoms with van der Waals surface area (Å²) < 4.78 is 0. The molecule has 2 heteroatoms. The van der Waals surface area contributed by atoms with Crippen LogP contribution in [-0.4, -0.2) is 23.8 Å². The maximum absolute atomic E-state index is 9.53. The van der Waals surface area contributed by atoms with E-state index in [1.165, 1.54) is 38.5 Å². The van der Waals surface area contributed by atoms with Gasteiger partial charge in [0, 0.05) is 5.54 Å². The quantitative estimate of drug-likeness (QED) is 0.753. The summed E-state index contributed by atoms with van der Waals surface area (Å²) in [6, 6.07) is 0. The highest BCUT2D eigenvalue weighted by Crippen LogP contribution is 2.39. The highest BCUT2D eigenvalue weighted by molar-refractivity contribution is 4.98. The lowest BCUT2D eigenvalue weighted by atomic mass is 9.80. The molecule has 2 N–H and O–H groups in total. The standard InChI is InChI=1S/C14H27NO/c1-11-5-3-4-6-12(11)9-15-14(2,10-16)13-7-8-13/h11-13,15-16H,3-10H2,1-2H3. The fourth-order valence-electron chi connectivity index (χ4n) is 3.11. The van der Waals surface area contributed by atoms with Crippen molar-refractivity contribution in [1.29, 1.82) is 0 Å². The molecule has 2 fully saturated rings. The van der Waals surface area contributed by atoms with Crippen molar-refractivity contribution in [1.82, 2.24) is 5.32 Å². The van der Waals surface area contributed by atoms with E-state index in [1.807, 2.05) is 0 Å². The maximum atomic E-state index is 9.53. The first kappa shape index (κ1) is 12.4. The van der Waals surface area contributed by atoms with E-state index in [0.29, 0.717) is 6.61 Å². The van der Waals surface area contributed by atoms with Gasteiger partial charge in [-0.05, 0) is 50.5 Å². The minimum Gasteiger partial charge on any atom is -0.394 e. The number of hydrogen-bond donors (Lipinski definition) is 2. The number of aliphatic hydroxyl groups is 1. The molecule has 16 heavy (non-hydrogen) atoms. The van der Waals surface area contributed by atoms with Crippen LogP contribution in [0.3, 0.4) is 0 Å². The normalized spacial score (nSPS) is 34.7. The molecular weight excluding hydrogens is 198 g/mol. The Balaban J connectivity index is 1.80. The van der Waals surface area contributed by atoms with Crippen molar-refractivity contribution in [3.05, 3.63) is 0 Å². The molecule has 2 rings (SSSR count). The number of nitrogens with one attached hydrogen (secondary N) is 1. The summed E-state index contributed by atoms with van der Waals surface area (Å²) in [6.45, 7) is 5.98. The molecule has 0 heterocycles. The lowest BCUT2D eigenvalue weighted by Crippen LogP contribution is -2.50. The highest BCUT2D eigenvalue weighted by Gasteiger charge is 2.41. The van der Waals surface area contributed by atoms with Gasteiger partial charge in [0.1, 0.15) is 0 Å². The molecule has 3 unspecified atom stereocenters. The zero-order chi connectivity index (χ0) is 11.6. The second-order valence-corrected chi connectivity index (χ2v) is 6.25. The molecule has 0 spiro atoms. The topological polar surface area (TPSA) is 32.3 Å². The van der Waals surface area contributed by atoms with Crippen LogP contribution in [0.2, 0.25) is 0 Å². The van der Waals surface area contributed by atoms with Crippen LogP contribution in [0.4, 0.5) is 0 Å². The van der Waals surface area contributed by atoms with Gasteiger partial charge in [0.05, 0.1) is 6.61 Å². The van der Waals surface area contributed by atoms with E-state index >= 15 is 0 Å². The molecule has 0 aromatic carbocycles. The van der Waals surface area contributed by atoms with Crippen molar-refractivity contribution in [3.63, 3.8) is 0 Å². The minimum absolute atomic E-state index is 0.00281. The molecule has 0 bridgehead atoms. The number of aliphatic hydroxyl groups excluding tert-OH is 1. The van der Waals surface area contributed by atoms with Crippen molar-refractivity contribution in [2.24, 2.45) is 17.8 Å². The van der Waals surface area contributed by atoms with E-state index in [9.17, 15) is 5.11 Å². The van der Waals surface area contributed by atoms with Gasteiger partial charge in [-0.1, -0.05) is 26.2 Å². The molecule has 0 saturated heterocycles. The van der Waals surface area contributed by atoms with Gasteiger partial charge >= 0.3 is 0 Å². The SMILES string of the molecule is CC1CCCCC1CNC(C)(CO)C1CC1. The zero-order valence-electron chi connectivity index (χ0n) is 10.8. The molecule has 0 aromatic rings. The Labute approximate surface area is 99.8 Å². The predicted octanol–water partition coefficient (Wildman–Crippen LogP) is 2.56. The van der Waals surface area contributed by atoms with Crippen molar-refractivity contribution in [3.8, 4) is 0 Å². The first-order chi connectivity index (χ1) is 7.65. The predicted molar refractivity (Wildman–Crippen MR) is 67.3 cm³/mol. The van der Waals surface area contributed by atoms with Gasteiger partial charge in [-0.15, -0.1) is 0 Å². The van der Waals surface area contributed by atoms with Crippen molar-refractivity contribution in [2.45, 2.75) is 57.9 Å². The summed E-state index contributed by atoms with van der Waals surface area (Å²) >= 11 is 0. The van der Waals surface area contributed by atoms with Gasteiger partial charge in [0.2, 0.25) is 0 Å². The van der Waals surface area contributed by atoms with Crippen LogP contribution in [0.25, 0.3) is 0 Å². The molecule has 2 aliphatic rings. The van der Waals surface area contributed by atoms with Crippen molar-refractivity contribution < 1.29 is 5.11 Å².